The van der Waals surface area contributed by atoms with Crippen LogP contribution in [-0.2, 0) is 20.2 Å². The summed E-state index contributed by atoms with van der Waals surface area (Å²) in [6.45, 7) is 0. The van der Waals surface area contributed by atoms with E-state index in [0.29, 0.717) is 0 Å². The van der Waals surface area contributed by atoms with Crippen LogP contribution in [0.4, 0.5) is 0 Å². The van der Waals surface area contributed by atoms with Gasteiger partial charge in [-0.15, -0.1) is 0 Å². The van der Waals surface area contributed by atoms with E-state index in [1.54, 1.807) is 0 Å². The van der Waals surface area contributed by atoms with Gasteiger partial charge >= 0.3 is 0 Å². The van der Waals surface area contributed by atoms with Crippen LogP contribution < -0.4 is 0 Å². The van der Waals surface area contributed by atoms with Crippen LogP contribution in [0.3, 0.4) is 0 Å². The van der Waals surface area contributed by atoms with Crippen LogP contribution in [0.2, 0.25) is 0 Å². The molecule has 0 saturated heterocycles. The summed E-state index contributed by atoms with van der Waals surface area (Å²) in [6.07, 6.45) is 1.58. The molecule has 0 aliphatic heterocycles. The third kappa shape index (κ3) is 2.74. The van der Waals surface area contributed by atoms with Crippen LogP contribution in [0.25, 0.3) is 0 Å². The minimum Gasteiger partial charge on any atom is -0.284 e. The van der Waals surface area contributed by atoms with Gasteiger partial charge < -0.3 is 0 Å². The molecule has 92 valence electrons. The maximum absolute atomic E-state index is 11.0. The molecule has 0 aromatic heterocycles. The summed E-state index contributed by atoms with van der Waals surface area (Å²) < 4.78 is 59.8. The minimum atomic E-state index is -4.54. The molecule has 0 bridgehead atoms. The van der Waals surface area contributed by atoms with Gasteiger partial charge in [-0.3, -0.25) is 9.11 Å². The van der Waals surface area contributed by atoms with Gasteiger partial charge in [0.05, 0.1) is 4.91 Å². The molecule has 0 spiro atoms. The quantitative estimate of drug-likeness (QED) is 0.538. The van der Waals surface area contributed by atoms with Crippen molar-refractivity contribution in [1.82, 2.24) is 0 Å². The summed E-state index contributed by atoms with van der Waals surface area (Å²) in [4.78, 5) is -0.524. The van der Waals surface area contributed by atoms with Gasteiger partial charge in [-0.1, -0.05) is 15.9 Å². The van der Waals surface area contributed by atoms with Gasteiger partial charge in [-0.2, -0.15) is 16.8 Å². The van der Waals surface area contributed by atoms with Crippen LogP contribution in [0, 0.1) is 0 Å². The first-order valence-corrected chi connectivity index (χ1v) is 8.15. The normalized spacial score (nSPS) is 27.2. The largest absolute Gasteiger partial charge is 0.291 e. The molecule has 0 heterocycles. The Hall–Kier alpha value is 0.260. The highest BCUT2D eigenvalue weighted by molar-refractivity contribution is 9.12. The minimum absolute atomic E-state index is 0.0359. The molecule has 0 saturated carbocycles. The third-order valence-corrected chi connectivity index (χ3v) is 6.79. The van der Waals surface area contributed by atoms with Crippen LogP contribution in [0.5, 0.6) is 0 Å². The predicted octanol–water partition coefficient (Wildman–Crippen LogP) is 1.42. The molecule has 1 rings (SSSR count). The van der Waals surface area contributed by atoms with Crippen molar-refractivity contribution >= 4 is 52.1 Å². The molecule has 0 aromatic carbocycles. The highest BCUT2D eigenvalue weighted by atomic mass is 79.9. The molecule has 2 N–H and O–H groups in total. The van der Waals surface area contributed by atoms with Gasteiger partial charge in [0.1, 0.15) is 0 Å². The molecule has 0 amide bonds. The smallest absolute Gasteiger partial charge is 0.284 e. The van der Waals surface area contributed by atoms with Crippen molar-refractivity contribution in [2.45, 2.75) is 10.1 Å². The Morgan fingerprint density at radius 1 is 1.25 bits per heavy atom. The summed E-state index contributed by atoms with van der Waals surface area (Å²) >= 11 is 5.59. The van der Waals surface area contributed by atoms with Gasteiger partial charge in [0.25, 0.3) is 20.2 Å². The molecule has 1 aliphatic rings. The standard InChI is InChI=1S/C6H6Br2O6S2/c7-4-1-2-6(8,16(12,13)14)3-5(4)15(9,10)11/h1-2H,3H2,(H,9,10,11)(H,12,13,14). The second-order valence-electron chi connectivity index (χ2n) is 3.02. The van der Waals surface area contributed by atoms with E-state index in [0.717, 1.165) is 12.2 Å². The molecule has 0 fully saturated rings. The SMILES string of the molecule is O=S(=O)(O)C1=C(Br)C=CC(Br)(S(=O)(=O)O)C1. The number of halogens is 2. The number of allylic oxidation sites excluding steroid dienone is 3. The maximum Gasteiger partial charge on any atom is 0.291 e. The molecule has 1 aliphatic carbocycles. The first-order valence-electron chi connectivity index (χ1n) is 3.69. The third-order valence-electron chi connectivity index (χ3n) is 1.89. The molecule has 0 aromatic rings. The van der Waals surface area contributed by atoms with Crippen molar-refractivity contribution < 1.29 is 25.9 Å². The van der Waals surface area contributed by atoms with E-state index in [1.807, 2.05) is 0 Å². The Kier molecular flexibility index (Phi) is 3.74. The lowest BCUT2D eigenvalue weighted by Crippen LogP contribution is -2.32. The monoisotopic (exact) mass is 396 g/mol. The first-order chi connectivity index (χ1) is 6.97. The zero-order valence-electron chi connectivity index (χ0n) is 7.46. The Bertz CT molecular complexity index is 572. The molecule has 1 unspecified atom stereocenters. The summed E-state index contributed by atoms with van der Waals surface area (Å²) in [7, 11) is -9.07. The van der Waals surface area contributed by atoms with Crippen LogP contribution >= 0.6 is 31.9 Å². The average Bonchev–Trinajstić information content (AvgIpc) is 2.05. The lowest BCUT2D eigenvalue weighted by Gasteiger charge is -2.24. The zero-order valence-corrected chi connectivity index (χ0v) is 12.3. The first kappa shape index (κ1) is 14.3. The van der Waals surface area contributed by atoms with Crippen LogP contribution in [-0.4, -0.2) is 29.6 Å². The average molecular weight is 398 g/mol. The Morgan fingerprint density at radius 3 is 2.12 bits per heavy atom. The fraction of sp³-hybridized carbons (Fsp3) is 0.333. The van der Waals surface area contributed by atoms with Crippen molar-refractivity contribution in [2.24, 2.45) is 0 Å². The topological polar surface area (TPSA) is 109 Å². The van der Waals surface area contributed by atoms with E-state index >= 15 is 0 Å². The summed E-state index contributed by atoms with van der Waals surface area (Å²) in [6, 6.07) is 0. The van der Waals surface area contributed by atoms with Crippen molar-refractivity contribution in [3.05, 3.63) is 21.5 Å². The fourth-order valence-corrected chi connectivity index (χ4v) is 3.91. The molecule has 16 heavy (non-hydrogen) atoms. The van der Waals surface area contributed by atoms with Crippen LogP contribution in [0.15, 0.2) is 21.5 Å². The number of alkyl halides is 1. The summed E-state index contributed by atoms with van der Waals surface area (Å²) in [5, 5.41) is 0. The maximum atomic E-state index is 11.0. The molecular formula is C6H6Br2O6S2. The van der Waals surface area contributed by atoms with Gasteiger partial charge in [0, 0.05) is 10.9 Å². The highest BCUT2D eigenvalue weighted by Crippen LogP contribution is 2.41. The number of rotatable bonds is 2. The Morgan fingerprint density at radius 2 is 1.75 bits per heavy atom. The Balaban J connectivity index is 3.35. The summed E-state index contributed by atoms with van der Waals surface area (Å²) in [5.41, 5.74) is 0. The van der Waals surface area contributed by atoms with E-state index in [9.17, 15) is 16.8 Å². The van der Waals surface area contributed by atoms with E-state index in [-0.39, 0.29) is 4.48 Å². The van der Waals surface area contributed by atoms with Gasteiger partial charge in [-0.25, -0.2) is 0 Å². The van der Waals surface area contributed by atoms with E-state index < -0.39 is 35.2 Å². The van der Waals surface area contributed by atoms with Crippen LogP contribution in [0.1, 0.15) is 6.42 Å². The van der Waals surface area contributed by atoms with E-state index in [4.69, 9.17) is 9.11 Å². The van der Waals surface area contributed by atoms with Gasteiger partial charge in [-0.05, 0) is 28.1 Å². The lowest BCUT2D eigenvalue weighted by molar-refractivity contribution is 0.468. The van der Waals surface area contributed by atoms with Crippen molar-refractivity contribution in [2.75, 3.05) is 0 Å². The second kappa shape index (κ2) is 4.18. The molecule has 1 atom stereocenters. The molecule has 10 heteroatoms. The number of hydrogen-bond acceptors (Lipinski definition) is 4. The van der Waals surface area contributed by atoms with Crippen molar-refractivity contribution in [3.63, 3.8) is 0 Å². The molecule has 0 radical (unpaired) electrons. The highest BCUT2D eigenvalue weighted by Gasteiger charge is 2.43. The lowest BCUT2D eigenvalue weighted by atomic mass is 10.2. The summed E-state index contributed by atoms with van der Waals surface area (Å²) in [5.74, 6) is 0. The second-order valence-corrected chi connectivity index (χ2v) is 8.93. The molecular weight excluding hydrogens is 392 g/mol. The van der Waals surface area contributed by atoms with E-state index in [1.165, 1.54) is 0 Å². The van der Waals surface area contributed by atoms with E-state index in [2.05, 4.69) is 31.9 Å². The Labute approximate surface area is 109 Å². The van der Waals surface area contributed by atoms with Gasteiger partial charge in [0.15, 0.2) is 3.66 Å². The van der Waals surface area contributed by atoms with Gasteiger partial charge in [0.2, 0.25) is 0 Å². The van der Waals surface area contributed by atoms with Crippen molar-refractivity contribution in [1.29, 1.82) is 0 Å². The molecule has 6 nitrogen and oxygen atoms in total. The van der Waals surface area contributed by atoms with Crippen molar-refractivity contribution in [3.8, 4) is 0 Å². The predicted molar refractivity (Wildman–Crippen MR) is 64.5 cm³/mol. The zero-order chi connectivity index (χ0) is 12.8. The number of hydrogen-bond donors (Lipinski definition) is 2. The fourth-order valence-electron chi connectivity index (χ4n) is 1.04.